The maximum atomic E-state index is 16.9. The first-order valence-electron chi connectivity index (χ1n) is 10.2. The number of carbonyl (C=O) groups is 3. The van der Waals surface area contributed by atoms with E-state index in [-0.39, 0.29) is 12.2 Å². The molecule has 4 aliphatic carbocycles. The van der Waals surface area contributed by atoms with Gasteiger partial charge < -0.3 is 15.3 Å². The molecule has 7 heteroatoms. The van der Waals surface area contributed by atoms with E-state index < -0.39 is 57.7 Å². The summed E-state index contributed by atoms with van der Waals surface area (Å²) in [4.78, 5) is 35.8. The quantitative estimate of drug-likeness (QED) is 0.605. The summed E-state index contributed by atoms with van der Waals surface area (Å²) in [6.45, 7) is 4.91. The van der Waals surface area contributed by atoms with Gasteiger partial charge >= 0.3 is 5.97 Å². The number of halogens is 1. The molecule has 0 saturated heterocycles. The second kappa shape index (κ2) is 5.85. The van der Waals surface area contributed by atoms with Gasteiger partial charge in [-0.05, 0) is 56.6 Å². The van der Waals surface area contributed by atoms with Gasteiger partial charge in [-0.1, -0.05) is 25.5 Å². The fourth-order valence-corrected chi connectivity index (χ4v) is 7.19. The van der Waals surface area contributed by atoms with Gasteiger partial charge in [0.1, 0.15) is 5.60 Å². The van der Waals surface area contributed by atoms with E-state index >= 15 is 4.39 Å². The number of ketones is 2. The number of carboxylic acids is 1. The molecule has 0 aromatic rings. The van der Waals surface area contributed by atoms with Gasteiger partial charge in [-0.2, -0.15) is 0 Å². The van der Waals surface area contributed by atoms with E-state index in [2.05, 4.69) is 0 Å². The number of carbonyl (C=O) groups excluding carboxylic acids is 2. The van der Waals surface area contributed by atoms with Gasteiger partial charge in [-0.3, -0.25) is 9.59 Å². The molecule has 0 spiro atoms. The third-order valence-corrected chi connectivity index (χ3v) is 8.76. The van der Waals surface area contributed by atoms with Crippen molar-refractivity contribution in [2.45, 2.75) is 63.8 Å². The van der Waals surface area contributed by atoms with Crippen LogP contribution in [0.3, 0.4) is 0 Å². The summed E-state index contributed by atoms with van der Waals surface area (Å²) in [5.41, 5.74) is -6.01. The molecule has 4 aliphatic rings. The van der Waals surface area contributed by atoms with E-state index in [1.165, 1.54) is 18.2 Å². The summed E-state index contributed by atoms with van der Waals surface area (Å²) in [5.74, 6) is -5.03. The van der Waals surface area contributed by atoms with E-state index in [1.807, 2.05) is 0 Å². The summed E-state index contributed by atoms with van der Waals surface area (Å²) in [6, 6.07) is 0. The van der Waals surface area contributed by atoms with Gasteiger partial charge in [0.2, 0.25) is 0 Å². The Bertz CT molecular complexity index is 879. The zero-order valence-corrected chi connectivity index (χ0v) is 16.8. The molecular formula is C22H27FO6. The van der Waals surface area contributed by atoms with Crippen LogP contribution in [0.1, 0.15) is 46.5 Å². The Morgan fingerprint density at radius 2 is 1.90 bits per heavy atom. The normalized spacial score (nSPS) is 51.0. The zero-order valence-electron chi connectivity index (χ0n) is 16.8. The number of Topliss-reactive ketones (excluding diaryl/α,β-unsaturated/α-hetero) is 1. The van der Waals surface area contributed by atoms with Crippen LogP contribution in [0.2, 0.25) is 0 Å². The van der Waals surface area contributed by atoms with Gasteiger partial charge in [0.15, 0.2) is 11.5 Å². The smallest absolute Gasteiger partial charge is 0.375 e. The summed E-state index contributed by atoms with van der Waals surface area (Å²) in [5, 5.41) is 31.7. The lowest BCUT2D eigenvalue weighted by Crippen LogP contribution is -2.69. The predicted molar refractivity (Wildman–Crippen MR) is 100 cm³/mol. The largest absolute Gasteiger partial charge is 0.475 e. The highest BCUT2D eigenvalue weighted by Crippen LogP contribution is 2.70. The van der Waals surface area contributed by atoms with Gasteiger partial charge in [-0.25, -0.2) is 9.18 Å². The second-order valence-electron chi connectivity index (χ2n) is 9.80. The first kappa shape index (κ1) is 20.4. The fourth-order valence-electron chi connectivity index (χ4n) is 7.19. The van der Waals surface area contributed by atoms with Crippen molar-refractivity contribution < 1.29 is 34.1 Å². The van der Waals surface area contributed by atoms with Crippen LogP contribution in [0.5, 0.6) is 0 Å². The van der Waals surface area contributed by atoms with Crippen LogP contribution in [0.25, 0.3) is 0 Å². The summed E-state index contributed by atoms with van der Waals surface area (Å²) < 4.78 is 16.9. The highest BCUT2D eigenvalue weighted by molar-refractivity contribution is 6.36. The van der Waals surface area contributed by atoms with E-state index in [9.17, 15) is 29.7 Å². The van der Waals surface area contributed by atoms with Crippen LogP contribution in [-0.4, -0.2) is 50.2 Å². The molecule has 158 valence electrons. The number of rotatable bonds is 2. The van der Waals surface area contributed by atoms with Gasteiger partial charge in [0, 0.05) is 16.7 Å². The Balaban J connectivity index is 1.84. The molecule has 8 atom stereocenters. The Morgan fingerprint density at radius 3 is 2.52 bits per heavy atom. The summed E-state index contributed by atoms with van der Waals surface area (Å²) in [6.07, 6.45) is 3.70. The number of allylic oxidation sites excluding steroid dienone is 4. The van der Waals surface area contributed by atoms with Crippen LogP contribution in [0, 0.1) is 28.6 Å². The number of aliphatic carboxylic acids is 1. The van der Waals surface area contributed by atoms with E-state index in [0.717, 1.165) is 0 Å². The lowest BCUT2D eigenvalue weighted by molar-refractivity contribution is -0.219. The zero-order chi connectivity index (χ0) is 21.6. The highest BCUT2D eigenvalue weighted by Gasteiger charge is 2.76. The molecule has 0 amide bonds. The van der Waals surface area contributed by atoms with Crippen molar-refractivity contribution in [3.63, 3.8) is 0 Å². The molecule has 6 nitrogen and oxygen atoms in total. The van der Waals surface area contributed by atoms with Crippen molar-refractivity contribution in [1.82, 2.24) is 0 Å². The van der Waals surface area contributed by atoms with Crippen LogP contribution in [-0.2, 0) is 14.4 Å². The van der Waals surface area contributed by atoms with Crippen LogP contribution in [0.4, 0.5) is 4.39 Å². The number of fused-ring (bicyclic) bond motifs is 5. The second-order valence-corrected chi connectivity index (χ2v) is 9.80. The van der Waals surface area contributed by atoms with Gasteiger partial charge in [0.25, 0.3) is 5.78 Å². The minimum absolute atomic E-state index is 0.203. The number of hydrogen-bond acceptors (Lipinski definition) is 5. The van der Waals surface area contributed by atoms with Crippen molar-refractivity contribution >= 4 is 17.5 Å². The molecule has 0 unspecified atom stereocenters. The number of carboxylic acid groups (broad SMARTS) is 1. The average Bonchev–Trinajstić information content (AvgIpc) is 2.84. The van der Waals surface area contributed by atoms with Crippen molar-refractivity contribution in [1.29, 1.82) is 0 Å². The van der Waals surface area contributed by atoms with E-state index in [4.69, 9.17) is 0 Å². The molecule has 0 heterocycles. The first-order chi connectivity index (χ1) is 13.3. The molecule has 3 saturated carbocycles. The van der Waals surface area contributed by atoms with Crippen LogP contribution < -0.4 is 0 Å². The van der Waals surface area contributed by atoms with E-state index in [0.29, 0.717) is 24.8 Å². The molecule has 0 bridgehead atoms. The highest BCUT2D eigenvalue weighted by atomic mass is 19.1. The maximum Gasteiger partial charge on any atom is 0.375 e. The van der Waals surface area contributed by atoms with Crippen molar-refractivity contribution in [3.8, 4) is 0 Å². The molecular weight excluding hydrogens is 379 g/mol. The standard InChI is InChI=1S/C22H27FO6/c1-11-8-15-14-5-4-12-9-13(24)6-7-19(12,2)21(14,23)16(25)10-20(15,3)22(11,29)17(26)18(27)28/h6-7,9,11,14-16,25,29H,4-5,8,10H2,1-3H3,(H,27,28)/t11-,14-,15-,16-,19-,20-,21-,22-/m0/s1. The van der Waals surface area contributed by atoms with Crippen LogP contribution in [0.15, 0.2) is 23.8 Å². The van der Waals surface area contributed by atoms with Gasteiger partial charge in [0.05, 0.1) is 6.10 Å². The maximum absolute atomic E-state index is 16.9. The number of aliphatic hydroxyl groups is 2. The summed E-state index contributed by atoms with van der Waals surface area (Å²) >= 11 is 0. The Morgan fingerprint density at radius 1 is 1.24 bits per heavy atom. The SMILES string of the molecule is C[C@H]1C[C@H]2[C@@H]3CCC4=CC(=O)C=C[C@]4(C)[C@@]3(F)[C@@H](O)C[C@]2(C)[C@@]1(O)C(=O)C(=O)O. The fraction of sp³-hybridized carbons (Fsp3) is 0.682. The van der Waals surface area contributed by atoms with Gasteiger partial charge in [-0.15, -0.1) is 0 Å². The Hall–Kier alpha value is -1.86. The minimum Gasteiger partial charge on any atom is -0.475 e. The third-order valence-electron chi connectivity index (χ3n) is 8.76. The molecule has 0 aliphatic heterocycles. The van der Waals surface area contributed by atoms with Crippen LogP contribution >= 0.6 is 0 Å². The Labute approximate surface area is 168 Å². The average molecular weight is 406 g/mol. The lowest BCUT2D eigenvalue weighted by Gasteiger charge is -2.62. The van der Waals surface area contributed by atoms with E-state index in [1.54, 1.807) is 20.8 Å². The third kappa shape index (κ3) is 2.15. The number of alkyl halides is 1. The monoisotopic (exact) mass is 406 g/mol. The number of aliphatic hydroxyl groups excluding tert-OH is 1. The molecule has 3 N–H and O–H groups in total. The minimum atomic E-state index is -2.17. The first-order valence-corrected chi connectivity index (χ1v) is 10.2. The molecule has 0 radical (unpaired) electrons. The topological polar surface area (TPSA) is 112 Å². The molecule has 4 rings (SSSR count). The summed E-state index contributed by atoms with van der Waals surface area (Å²) in [7, 11) is 0. The molecule has 29 heavy (non-hydrogen) atoms. The lowest BCUT2D eigenvalue weighted by atomic mass is 9.44. The number of hydrogen-bond donors (Lipinski definition) is 3. The van der Waals surface area contributed by atoms with Crippen molar-refractivity contribution in [3.05, 3.63) is 23.8 Å². The molecule has 3 fully saturated rings. The molecule has 0 aromatic heterocycles. The molecule has 0 aromatic carbocycles. The Kier molecular flexibility index (Phi) is 4.12. The predicted octanol–water partition coefficient (Wildman–Crippen LogP) is 1.99. The van der Waals surface area contributed by atoms with Crippen molar-refractivity contribution in [2.75, 3.05) is 0 Å². The van der Waals surface area contributed by atoms with Crippen molar-refractivity contribution in [2.24, 2.45) is 28.6 Å².